The minimum atomic E-state index is 0.155. The highest BCUT2D eigenvalue weighted by molar-refractivity contribution is 7.10. The molecule has 5 heteroatoms. The van der Waals surface area contributed by atoms with Crippen LogP contribution < -0.4 is 5.32 Å². The van der Waals surface area contributed by atoms with Gasteiger partial charge < -0.3 is 4.57 Å². The summed E-state index contributed by atoms with van der Waals surface area (Å²) in [6.07, 6.45) is 3.84. The van der Waals surface area contributed by atoms with E-state index in [1.165, 1.54) is 9.75 Å². The summed E-state index contributed by atoms with van der Waals surface area (Å²) in [4.78, 5) is 7.12. The summed E-state index contributed by atoms with van der Waals surface area (Å²) < 4.78 is 2.08. The Bertz CT molecular complexity index is 611. The molecule has 0 amide bonds. The first-order valence-corrected chi connectivity index (χ1v) is 7.87. The van der Waals surface area contributed by atoms with Crippen molar-refractivity contribution in [3.8, 4) is 0 Å². The maximum atomic E-state index is 4.48. The number of aromatic nitrogens is 2. The highest BCUT2D eigenvalue weighted by atomic mass is 32.1. The lowest BCUT2D eigenvalue weighted by Crippen LogP contribution is -2.23. The van der Waals surface area contributed by atoms with Crippen molar-refractivity contribution in [1.82, 2.24) is 14.9 Å². The molecular weight excluding hydrogens is 274 g/mol. The predicted molar refractivity (Wildman–Crippen MR) is 80.5 cm³/mol. The molecule has 0 aliphatic heterocycles. The van der Waals surface area contributed by atoms with Gasteiger partial charge in [0, 0.05) is 35.7 Å². The van der Waals surface area contributed by atoms with Gasteiger partial charge in [-0.05, 0) is 22.9 Å². The molecular formula is C14H15N3S2. The van der Waals surface area contributed by atoms with Gasteiger partial charge in [-0.1, -0.05) is 12.1 Å². The zero-order valence-corrected chi connectivity index (χ0v) is 12.2. The molecule has 0 saturated carbocycles. The largest absolute Gasteiger partial charge is 0.336 e. The Hall–Kier alpha value is -1.43. The minimum Gasteiger partial charge on any atom is -0.336 e. The number of hydrogen-bond acceptors (Lipinski definition) is 4. The molecule has 1 N–H and O–H groups in total. The number of nitrogens with zero attached hydrogens (tertiary/aromatic N) is 2. The number of aryl methyl sites for hydroxylation is 1. The second-order valence-electron chi connectivity index (χ2n) is 4.31. The molecule has 0 fully saturated rings. The molecule has 3 nitrogen and oxygen atoms in total. The number of rotatable bonds is 5. The van der Waals surface area contributed by atoms with E-state index in [1.54, 1.807) is 22.7 Å². The average molecular weight is 289 g/mol. The summed E-state index contributed by atoms with van der Waals surface area (Å²) in [5.41, 5.74) is 0. The van der Waals surface area contributed by atoms with Crippen LogP contribution in [0.15, 0.2) is 47.4 Å². The van der Waals surface area contributed by atoms with Gasteiger partial charge in [-0.3, -0.25) is 5.32 Å². The Morgan fingerprint density at radius 2 is 2.11 bits per heavy atom. The summed E-state index contributed by atoms with van der Waals surface area (Å²) in [5.74, 6) is 1.05. The molecule has 3 aromatic rings. The first-order chi connectivity index (χ1) is 9.34. The lowest BCUT2D eigenvalue weighted by atomic mass is 10.2. The van der Waals surface area contributed by atoms with Crippen molar-refractivity contribution in [1.29, 1.82) is 0 Å². The van der Waals surface area contributed by atoms with Crippen LogP contribution in [0.2, 0.25) is 0 Å². The van der Waals surface area contributed by atoms with Gasteiger partial charge in [0.15, 0.2) is 0 Å². The number of hydrogen-bond donors (Lipinski definition) is 1. The standard InChI is InChI=1S/C14H15N3S2/c1-17-7-6-15-14(17)13(12-5-3-9-19-12)16-10-11-4-2-8-18-11/h2-9,13,16H,10H2,1H3. The van der Waals surface area contributed by atoms with Gasteiger partial charge in [-0.25, -0.2) is 4.98 Å². The van der Waals surface area contributed by atoms with Crippen molar-refractivity contribution in [3.63, 3.8) is 0 Å². The van der Waals surface area contributed by atoms with E-state index in [9.17, 15) is 0 Å². The van der Waals surface area contributed by atoms with Crippen LogP contribution in [-0.2, 0) is 13.6 Å². The van der Waals surface area contributed by atoms with E-state index in [0.717, 1.165) is 12.4 Å². The van der Waals surface area contributed by atoms with Crippen LogP contribution in [-0.4, -0.2) is 9.55 Å². The Labute approximate surface area is 120 Å². The van der Waals surface area contributed by atoms with Gasteiger partial charge in [0.05, 0.1) is 0 Å². The van der Waals surface area contributed by atoms with Crippen molar-refractivity contribution in [2.45, 2.75) is 12.6 Å². The van der Waals surface area contributed by atoms with Crippen LogP contribution in [0.4, 0.5) is 0 Å². The van der Waals surface area contributed by atoms with E-state index < -0.39 is 0 Å². The van der Waals surface area contributed by atoms with Crippen molar-refractivity contribution >= 4 is 22.7 Å². The molecule has 0 aliphatic rings. The van der Waals surface area contributed by atoms with Crippen molar-refractivity contribution in [3.05, 3.63) is 63.0 Å². The quantitative estimate of drug-likeness (QED) is 0.780. The first kappa shape index (κ1) is 12.6. The highest BCUT2D eigenvalue weighted by Crippen LogP contribution is 2.25. The zero-order valence-electron chi connectivity index (χ0n) is 10.6. The van der Waals surface area contributed by atoms with E-state index >= 15 is 0 Å². The van der Waals surface area contributed by atoms with E-state index in [1.807, 2.05) is 19.4 Å². The Kier molecular flexibility index (Phi) is 3.77. The van der Waals surface area contributed by atoms with Crippen molar-refractivity contribution in [2.75, 3.05) is 0 Å². The van der Waals surface area contributed by atoms with Gasteiger partial charge in [0.25, 0.3) is 0 Å². The molecule has 0 aliphatic carbocycles. The fourth-order valence-electron chi connectivity index (χ4n) is 2.05. The van der Waals surface area contributed by atoms with Crippen molar-refractivity contribution < 1.29 is 0 Å². The fraction of sp³-hybridized carbons (Fsp3) is 0.214. The normalized spacial score (nSPS) is 12.7. The lowest BCUT2D eigenvalue weighted by molar-refractivity contribution is 0.568. The SMILES string of the molecule is Cn1ccnc1C(NCc1cccs1)c1cccs1. The maximum absolute atomic E-state index is 4.48. The third-order valence-electron chi connectivity index (χ3n) is 3.00. The molecule has 3 aromatic heterocycles. The molecule has 0 bridgehead atoms. The molecule has 0 radical (unpaired) electrons. The molecule has 1 atom stereocenters. The van der Waals surface area contributed by atoms with Gasteiger partial charge >= 0.3 is 0 Å². The molecule has 3 heterocycles. The highest BCUT2D eigenvalue weighted by Gasteiger charge is 2.18. The van der Waals surface area contributed by atoms with Gasteiger partial charge in [-0.15, -0.1) is 22.7 Å². The van der Waals surface area contributed by atoms with Crippen LogP contribution in [0.3, 0.4) is 0 Å². The first-order valence-electron chi connectivity index (χ1n) is 6.11. The summed E-state index contributed by atoms with van der Waals surface area (Å²) in [5, 5.41) is 7.82. The molecule has 98 valence electrons. The molecule has 0 saturated heterocycles. The molecule has 3 rings (SSSR count). The fourth-order valence-corrected chi connectivity index (χ4v) is 3.50. The number of thiophene rings is 2. The summed E-state index contributed by atoms with van der Waals surface area (Å²) in [7, 11) is 2.04. The summed E-state index contributed by atoms with van der Waals surface area (Å²) >= 11 is 3.54. The molecule has 19 heavy (non-hydrogen) atoms. The Morgan fingerprint density at radius 1 is 1.26 bits per heavy atom. The van der Waals surface area contributed by atoms with Crippen LogP contribution in [0.25, 0.3) is 0 Å². The number of imidazole rings is 1. The average Bonchev–Trinajstić information content (AvgIpc) is 3.13. The Morgan fingerprint density at radius 3 is 2.74 bits per heavy atom. The third-order valence-corrected chi connectivity index (χ3v) is 4.82. The minimum absolute atomic E-state index is 0.155. The zero-order chi connectivity index (χ0) is 13.1. The predicted octanol–water partition coefficient (Wildman–Crippen LogP) is 3.42. The van der Waals surface area contributed by atoms with Crippen molar-refractivity contribution in [2.24, 2.45) is 7.05 Å². The molecule has 1 unspecified atom stereocenters. The van der Waals surface area contributed by atoms with Crippen LogP contribution in [0.1, 0.15) is 21.6 Å². The van der Waals surface area contributed by atoms with Gasteiger partial charge in [-0.2, -0.15) is 0 Å². The third kappa shape index (κ3) is 2.78. The Balaban J connectivity index is 1.83. The monoisotopic (exact) mass is 289 g/mol. The summed E-state index contributed by atoms with van der Waals surface area (Å²) in [6.45, 7) is 0.868. The lowest BCUT2D eigenvalue weighted by Gasteiger charge is -2.17. The second kappa shape index (κ2) is 5.69. The molecule has 0 spiro atoms. The van der Waals surface area contributed by atoms with E-state index in [-0.39, 0.29) is 6.04 Å². The van der Waals surface area contributed by atoms with E-state index in [4.69, 9.17) is 0 Å². The van der Waals surface area contributed by atoms with E-state index in [2.05, 4.69) is 49.9 Å². The van der Waals surface area contributed by atoms with Crippen LogP contribution in [0, 0.1) is 0 Å². The van der Waals surface area contributed by atoms with Gasteiger partial charge in [0.1, 0.15) is 11.9 Å². The second-order valence-corrected chi connectivity index (χ2v) is 6.32. The molecule has 0 aromatic carbocycles. The van der Waals surface area contributed by atoms with E-state index in [0.29, 0.717) is 0 Å². The van der Waals surface area contributed by atoms with Crippen LogP contribution in [0.5, 0.6) is 0 Å². The van der Waals surface area contributed by atoms with Gasteiger partial charge in [0.2, 0.25) is 0 Å². The summed E-state index contributed by atoms with van der Waals surface area (Å²) in [6, 6.07) is 8.64. The topological polar surface area (TPSA) is 29.9 Å². The smallest absolute Gasteiger partial charge is 0.131 e. The number of nitrogens with one attached hydrogen (secondary N) is 1. The van der Waals surface area contributed by atoms with Crippen LogP contribution >= 0.6 is 22.7 Å². The maximum Gasteiger partial charge on any atom is 0.131 e.